The predicted octanol–water partition coefficient (Wildman–Crippen LogP) is 1.83. The van der Waals surface area contributed by atoms with Gasteiger partial charge in [0.2, 0.25) is 0 Å². The van der Waals surface area contributed by atoms with E-state index in [2.05, 4.69) is 37.5 Å². The molecule has 3 heterocycles. The van der Waals surface area contributed by atoms with E-state index in [-0.39, 0.29) is 0 Å². The molecule has 0 spiro atoms. The molecule has 1 saturated heterocycles. The first kappa shape index (κ1) is 12.4. The summed E-state index contributed by atoms with van der Waals surface area (Å²) < 4.78 is 2.27. The van der Waals surface area contributed by atoms with Crippen LogP contribution >= 0.6 is 0 Å². The van der Waals surface area contributed by atoms with Crippen LogP contribution < -0.4 is 0 Å². The molecule has 0 atom stereocenters. The number of likely N-dealkylation sites (tertiary alicyclic amines) is 1. The van der Waals surface area contributed by atoms with E-state index < -0.39 is 0 Å². The lowest BCUT2D eigenvalue weighted by molar-refractivity contribution is 0.164. The number of aryl methyl sites for hydroxylation is 1. The van der Waals surface area contributed by atoms with Gasteiger partial charge in [-0.2, -0.15) is 0 Å². The topological polar surface area (TPSA) is 49.7 Å². The summed E-state index contributed by atoms with van der Waals surface area (Å²) >= 11 is 0. The summed E-state index contributed by atoms with van der Waals surface area (Å²) in [5.41, 5.74) is 0. The molecule has 1 N–H and O–H groups in total. The zero-order valence-electron chi connectivity index (χ0n) is 11.4. The van der Waals surface area contributed by atoms with Crippen LogP contribution in [0, 0.1) is 12.8 Å². The van der Waals surface area contributed by atoms with Gasteiger partial charge in [-0.05, 0) is 38.8 Å². The molecule has 0 aliphatic carbocycles. The average molecular weight is 259 g/mol. The molecule has 0 saturated carbocycles. The fourth-order valence-corrected chi connectivity index (χ4v) is 2.80. The third-order valence-electron chi connectivity index (χ3n) is 4.01. The van der Waals surface area contributed by atoms with E-state index in [1.54, 1.807) is 0 Å². The number of aromatic nitrogens is 4. The third-order valence-corrected chi connectivity index (χ3v) is 4.01. The van der Waals surface area contributed by atoms with Crippen LogP contribution in [0.25, 0.3) is 0 Å². The summed E-state index contributed by atoms with van der Waals surface area (Å²) in [4.78, 5) is 14.2. The number of hydrogen-bond acceptors (Lipinski definition) is 3. The zero-order chi connectivity index (χ0) is 13.1. The van der Waals surface area contributed by atoms with Gasteiger partial charge in [-0.15, -0.1) is 0 Å². The van der Waals surface area contributed by atoms with Crippen LogP contribution in [-0.2, 0) is 13.1 Å². The summed E-state index contributed by atoms with van der Waals surface area (Å²) in [5, 5.41) is 0. The maximum atomic E-state index is 4.29. The van der Waals surface area contributed by atoms with Gasteiger partial charge in [0, 0.05) is 31.3 Å². The SMILES string of the molecule is Cc1nccn1CC1CCN(Cc2ncc[nH]2)CC1. The highest BCUT2D eigenvalue weighted by molar-refractivity contribution is 4.91. The van der Waals surface area contributed by atoms with Gasteiger partial charge in [-0.1, -0.05) is 0 Å². The number of H-pyrrole nitrogens is 1. The molecule has 102 valence electrons. The number of nitrogens with one attached hydrogen (secondary N) is 1. The molecular formula is C14H21N5. The van der Waals surface area contributed by atoms with E-state index in [1.807, 2.05) is 18.6 Å². The minimum Gasteiger partial charge on any atom is -0.348 e. The number of rotatable bonds is 4. The molecule has 0 bridgehead atoms. The zero-order valence-corrected chi connectivity index (χ0v) is 11.4. The minimum atomic E-state index is 0.778. The molecule has 5 heteroatoms. The quantitative estimate of drug-likeness (QED) is 0.911. The van der Waals surface area contributed by atoms with Crippen molar-refractivity contribution in [2.75, 3.05) is 13.1 Å². The van der Waals surface area contributed by atoms with Crippen LogP contribution in [0.15, 0.2) is 24.8 Å². The van der Waals surface area contributed by atoms with Gasteiger partial charge in [-0.25, -0.2) is 9.97 Å². The Bertz CT molecular complexity index is 494. The van der Waals surface area contributed by atoms with E-state index in [9.17, 15) is 0 Å². The molecule has 0 radical (unpaired) electrons. The summed E-state index contributed by atoms with van der Waals surface area (Å²) in [6.07, 6.45) is 10.2. The van der Waals surface area contributed by atoms with Crippen molar-refractivity contribution in [3.63, 3.8) is 0 Å². The lowest BCUT2D eigenvalue weighted by atomic mass is 9.96. The second kappa shape index (κ2) is 5.57. The molecule has 2 aromatic heterocycles. The number of hydrogen-bond donors (Lipinski definition) is 1. The Hall–Kier alpha value is -1.62. The van der Waals surface area contributed by atoms with Gasteiger partial charge in [0.1, 0.15) is 11.6 Å². The highest BCUT2D eigenvalue weighted by Crippen LogP contribution is 2.20. The first-order valence-electron chi connectivity index (χ1n) is 6.99. The van der Waals surface area contributed by atoms with E-state index >= 15 is 0 Å². The lowest BCUT2D eigenvalue weighted by Gasteiger charge is -2.31. The first-order chi connectivity index (χ1) is 9.31. The smallest absolute Gasteiger partial charge is 0.120 e. The molecule has 1 fully saturated rings. The monoisotopic (exact) mass is 259 g/mol. The maximum Gasteiger partial charge on any atom is 0.120 e. The second-order valence-electron chi connectivity index (χ2n) is 5.38. The van der Waals surface area contributed by atoms with Gasteiger partial charge in [0.25, 0.3) is 0 Å². The van der Waals surface area contributed by atoms with Crippen LogP contribution in [-0.4, -0.2) is 37.5 Å². The van der Waals surface area contributed by atoms with Crippen molar-refractivity contribution in [3.8, 4) is 0 Å². The van der Waals surface area contributed by atoms with E-state index in [0.717, 1.165) is 30.7 Å². The Labute approximate surface area is 113 Å². The van der Waals surface area contributed by atoms with Crippen LogP contribution in [0.2, 0.25) is 0 Å². The summed E-state index contributed by atoms with van der Waals surface area (Å²) in [5.74, 6) is 2.97. The minimum absolute atomic E-state index is 0.778. The third kappa shape index (κ3) is 3.04. The fraction of sp³-hybridized carbons (Fsp3) is 0.571. The standard InChI is InChI=1S/C14H21N5/c1-12-15-6-9-19(12)10-13-2-7-18(8-3-13)11-14-16-4-5-17-14/h4-6,9,13H,2-3,7-8,10-11H2,1H3,(H,16,17). The number of piperidine rings is 1. The molecule has 1 aliphatic heterocycles. The van der Waals surface area contributed by atoms with Crippen molar-refractivity contribution in [1.82, 2.24) is 24.4 Å². The molecule has 1 aliphatic rings. The Balaban J connectivity index is 1.48. The first-order valence-corrected chi connectivity index (χ1v) is 6.99. The van der Waals surface area contributed by atoms with Gasteiger partial charge in [0.05, 0.1) is 6.54 Å². The number of imidazole rings is 2. The summed E-state index contributed by atoms with van der Waals surface area (Å²) in [6.45, 7) is 6.47. The van der Waals surface area contributed by atoms with Gasteiger partial charge < -0.3 is 9.55 Å². The maximum absolute atomic E-state index is 4.29. The Morgan fingerprint density at radius 1 is 1.26 bits per heavy atom. The van der Waals surface area contributed by atoms with Crippen LogP contribution in [0.5, 0.6) is 0 Å². The molecule has 0 aromatic carbocycles. The normalized spacial score (nSPS) is 17.9. The van der Waals surface area contributed by atoms with Crippen molar-refractivity contribution >= 4 is 0 Å². The van der Waals surface area contributed by atoms with Crippen LogP contribution in [0.4, 0.5) is 0 Å². The van der Waals surface area contributed by atoms with Crippen molar-refractivity contribution in [2.45, 2.75) is 32.9 Å². The molecule has 2 aromatic rings. The van der Waals surface area contributed by atoms with Gasteiger partial charge in [0.15, 0.2) is 0 Å². The van der Waals surface area contributed by atoms with E-state index in [1.165, 1.54) is 25.9 Å². The van der Waals surface area contributed by atoms with E-state index in [4.69, 9.17) is 0 Å². The average Bonchev–Trinajstić information content (AvgIpc) is 3.05. The second-order valence-corrected chi connectivity index (χ2v) is 5.38. The Kier molecular flexibility index (Phi) is 3.64. The van der Waals surface area contributed by atoms with Gasteiger partial charge >= 0.3 is 0 Å². The molecular weight excluding hydrogens is 238 g/mol. The van der Waals surface area contributed by atoms with Crippen LogP contribution in [0.1, 0.15) is 24.5 Å². The van der Waals surface area contributed by atoms with Crippen molar-refractivity contribution in [2.24, 2.45) is 5.92 Å². The Morgan fingerprint density at radius 3 is 2.74 bits per heavy atom. The fourth-order valence-electron chi connectivity index (χ4n) is 2.80. The Morgan fingerprint density at radius 2 is 2.11 bits per heavy atom. The van der Waals surface area contributed by atoms with Crippen molar-refractivity contribution < 1.29 is 0 Å². The van der Waals surface area contributed by atoms with Gasteiger partial charge in [-0.3, -0.25) is 4.90 Å². The lowest BCUT2D eigenvalue weighted by Crippen LogP contribution is -2.34. The number of aromatic amines is 1. The van der Waals surface area contributed by atoms with E-state index in [0.29, 0.717) is 0 Å². The molecule has 19 heavy (non-hydrogen) atoms. The predicted molar refractivity (Wildman–Crippen MR) is 73.6 cm³/mol. The summed E-state index contributed by atoms with van der Waals surface area (Å²) in [6, 6.07) is 0. The number of nitrogens with zero attached hydrogens (tertiary/aromatic N) is 4. The molecule has 0 amide bonds. The molecule has 0 unspecified atom stereocenters. The molecule has 3 rings (SSSR count). The highest BCUT2D eigenvalue weighted by Gasteiger charge is 2.20. The van der Waals surface area contributed by atoms with Crippen molar-refractivity contribution in [3.05, 3.63) is 36.4 Å². The molecule has 5 nitrogen and oxygen atoms in total. The van der Waals surface area contributed by atoms with Crippen molar-refractivity contribution in [1.29, 1.82) is 0 Å². The largest absolute Gasteiger partial charge is 0.348 e. The highest BCUT2D eigenvalue weighted by atomic mass is 15.2. The summed E-state index contributed by atoms with van der Waals surface area (Å²) in [7, 11) is 0. The van der Waals surface area contributed by atoms with Crippen LogP contribution in [0.3, 0.4) is 0 Å².